The summed E-state index contributed by atoms with van der Waals surface area (Å²) in [5, 5.41) is 1.70. The third-order valence-electron chi connectivity index (χ3n) is 5.28. The molecule has 31 heavy (non-hydrogen) atoms. The summed E-state index contributed by atoms with van der Waals surface area (Å²) in [5.74, 6) is 0.528. The van der Waals surface area contributed by atoms with Gasteiger partial charge in [-0.1, -0.05) is 41.4 Å². The largest absolute Gasteiger partial charge is 0.494 e. The first-order chi connectivity index (χ1) is 14.8. The van der Waals surface area contributed by atoms with Crippen LogP contribution < -0.4 is 4.74 Å². The van der Waals surface area contributed by atoms with Crippen LogP contribution in [-0.2, 0) is 16.4 Å². The van der Waals surface area contributed by atoms with Crippen LogP contribution in [0, 0.1) is 0 Å². The van der Waals surface area contributed by atoms with Crippen LogP contribution in [0.4, 0.5) is 0 Å². The van der Waals surface area contributed by atoms with Gasteiger partial charge in [0.25, 0.3) is 5.91 Å². The summed E-state index contributed by atoms with van der Waals surface area (Å²) in [4.78, 5) is 15.6. The molecule has 9 heteroatoms. The van der Waals surface area contributed by atoms with Crippen molar-refractivity contribution in [3.8, 4) is 5.75 Å². The fourth-order valence-corrected chi connectivity index (χ4v) is 7.22. The molecule has 4 rings (SSSR count). The van der Waals surface area contributed by atoms with Crippen LogP contribution in [0.3, 0.4) is 0 Å². The number of hydrogen-bond donors (Lipinski definition) is 0. The van der Waals surface area contributed by atoms with E-state index in [0.29, 0.717) is 28.0 Å². The number of hydrogen-bond acceptors (Lipinski definition) is 5. The Labute approximate surface area is 195 Å². The lowest BCUT2D eigenvalue weighted by atomic mass is 10.1. The number of halogens is 2. The maximum absolute atomic E-state index is 13.6. The Kier molecular flexibility index (Phi) is 6.49. The second-order valence-corrected chi connectivity index (χ2v) is 11.5. The van der Waals surface area contributed by atoms with Gasteiger partial charge in [-0.25, -0.2) is 8.42 Å². The molecule has 0 aliphatic carbocycles. The van der Waals surface area contributed by atoms with Crippen molar-refractivity contribution in [2.45, 2.75) is 25.9 Å². The highest BCUT2D eigenvalue weighted by Crippen LogP contribution is 2.38. The van der Waals surface area contributed by atoms with E-state index < -0.39 is 15.9 Å². The minimum absolute atomic E-state index is 0.0376. The summed E-state index contributed by atoms with van der Waals surface area (Å²) in [6.07, 6.45) is 0.416. The lowest BCUT2D eigenvalue weighted by Crippen LogP contribution is -2.40. The maximum atomic E-state index is 13.6. The van der Waals surface area contributed by atoms with Crippen molar-refractivity contribution in [2.24, 2.45) is 0 Å². The van der Waals surface area contributed by atoms with E-state index in [2.05, 4.69) is 0 Å². The van der Waals surface area contributed by atoms with Crippen molar-refractivity contribution in [1.82, 2.24) is 4.90 Å². The molecular formula is C22H21Cl2NO4S2. The third kappa shape index (κ3) is 4.85. The molecule has 2 heterocycles. The van der Waals surface area contributed by atoms with E-state index in [0.717, 1.165) is 21.4 Å². The van der Waals surface area contributed by atoms with Gasteiger partial charge in [-0.05, 0) is 43.2 Å². The lowest BCUT2D eigenvalue weighted by Gasteiger charge is -2.28. The van der Waals surface area contributed by atoms with Gasteiger partial charge in [0.2, 0.25) is 0 Å². The van der Waals surface area contributed by atoms with Crippen LogP contribution >= 0.6 is 34.5 Å². The van der Waals surface area contributed by atoms with E-state index in [4.69, 9.17) is 27.9 Å². The Morgan fingerprint density at radius 3 is 2.58 bits per heavy atom. The van der Waals surface area contributed by atoms with Crippen molar-refractivity contribution in [1.29, 1.82) is 0 Å². The van der Waals surface area contributed by atoms with Gasteiger partial charge in [0.15, 0.2) is 9.84 Å². The highest BCUT2D eigenvalue weighted by Gasteiger charge is 2.36. The number of benzene rings is 2. The summed E-state index contributed by atoms with van der Waals surface area (Å²) >= 11 is 13.9. The fourth-order valence-electron chi connectivity index (χ4n) is 3.75. The van der Waals surface area contributed by atoms with E-state index in [1.807, 2.05) is 31.2 Å². The van der Waals surface area contributed by atoms with Crippen molar-refractivity contribution < 1.29 is 17.9 Å². The quantitative estimate of drug-likeness (QED) is 0.454. The topological polar surface area (TPSA) is 63.7 Å². The lowest BCUT2D eigenvalue weighted by molar-refractivity contribution is 0.0686. The Morgan fingerprint density at radius 1 is 1.19 bits per heavy atom. The molecule has 1 aromatic heterocycles. The molecule has 0 spiro atoms. The Hall–Kier alpha value is -1.80. The first-order valence-electron chi connectivity index (χ1n) is 9.88. The predicted octanol–water partition coefficient (Wildman–Crippen LogP) is 5.44. The number of sulfone groups is 1. The maximum Gasteiger partial charge on any atom is 0.266 e. The second kappa shape index (κ2) is 8.98. The number of amides is 1. The van der Waals surface area contributed by atoms with Crippen LogP contribution in [0.2, 0.25) is 10.0 Å². The van der Waals surface area contributed by atoms with E-state index in [1.165, 1.54) is 11.3 Å². The van der Waals surface area contributed by atoms with Crippen molar-refractivity contribution >= 4 is 60.4 Å². The molecule has 1 atom stereocenters. The van der Waals surface area contributed by atoms with Gasteiger partial charge in [0.1, 0.15) is 10.6 Å². The van der Waals surface area contributed by atoms with Crippen LogP contribution in [0.1, 0.15) is 28.6 Å². The predicted molar refractivity (Wildman–Crippen MR) is 126 cm³/mol. The number of rotatable bonds is 6. The number of fused-ring (bicyclic) bond motifs is 1. The van der Waals surface area contributed by atoms with Gasteiger partial charge >= 0.3 is 0 Å². The monoisotopic (exact) mass is 497 g/mol. The molecule has 2 aromatic carbocycles. The number of nitrogens with zero attached hydrogens (tertiary/aromatic N) is 1. The average molecular weight is 498 g/mol. The molecule has 1 aliphatic rings. The standard InChI is InChI=1S/C22H21Cl2NO4S2/c1-2-29-17-6-3-14(4-7-17)12-25(16-9-10-31(27,28)13-16)22(26)21-20(24)18-8-5-15(23)11-19(18)30-21/h3-8,11,16H,2,9-10,12-13H2,1H3. The van der Waals surface area contributed by atoms with Crippen molar-refractivity contribution in [3.63, 3.8) is 0 Å². The zero-order valence-corrected chi connectivity index (χ0v) is 20.0. The normalized spacial score (nSPS) is 17.7. The minimum atomic E-state index is -3.16. The van der Waals surface area contributed by atoms with Crippen molar-refractivity contribution in [2.75, 3.05) is 18.1 Å². The molecule has 0 N–H and O–H groups in total. The molecule has 164 valence electrons. The van der Waals surface area contributed by atoms with Gasteiger partial charge in [0.05, 0.1) is 23.1 Å². The van der Waals surface area contributed by atoms with Crippen LogP contribution in [0.15, 0.2) is 42.5 Å². The molecule has 1 fully saturated rings. The number of ether oxygens (including phenoxy) is 1. The van der Waals surface area contributed by atoms with E-state index >= 15 is 0 Å². The van der Waals surface area contributed by atoms with E-state index in [-0.39, 0.29) is 24.0 Å². The summed E-state index contributed by atoms with van der Waals surface area (Å²) < 4.78 is 30.6. The molecule has 3 aromatic rings. The Balaban J connectivity index is 1.68. The van der Waals surface area contributed by atoms with Crippen LogP contribution in [0.25, 0.3) is 10.1 Å². The van der Waals surface area contributed by atoms with Crippen molar-refractivity contribution in [3.05, 3.63) is 63.0 Å². The molecule has 1 unspecified atom stereocenters. The first-order valence-corrected chi connectivity index (χ1v) is 13.3. The van der Waals surface area contributed by atoms with E-state index in [1.54, 1.807) is 23.1 Å². The number of carbonyl (C=O) groups is 1. The third-order valence-corrected chi connectivity index (χ3v) is 8.91. The molecule has 1 aliphatic heterocycles. The van der Waals surface area contributed by atoms with E-state index in [9.17, 15) is 13.2 Å². The van der Waals surface area contributed by atoms with Gasteiger partial charge in [0, 0.05) is 27.7 Å². The van der Waals surface area contributed by atoms with Gasteiger partial charge in [-0.15, -0.1) is 11.3 Å². The molecule has 1 amide bonds. The Bertz CT molecular complexity index is 1220. The molecule has 0 radical (unpaired) electrons. The summed E-state index contributed by atoms with van der Waals surface area (Å²) in [6, 6.07) is 12.4. The molecular weight excluding hydrogens is 477 g/mol. The first kappa shape index (κ1) is 22.4. The summed E-state index contributed by atoms with van der Waals surface area (Å²) in [7, 11) is -3.16. The minimum Gasteiger partial charge on any atom is -0.494 e. The van der Waals surface area contributed by atoms with Crippen LogP contribution in [-0.4, -0.2) is 43.4 Å². The fraction of sp³-hybridized carbons (Fsp3) is 0.318. The Morgan fingerprint density at radius 2 is 1.94 bits per heavy atom. The average Bonchev–Trinajstić information content (AvgIpc) is 3.26. The van der Waals surface area contributed by atoms with Gasteiger partial charge in [-0.3, -0.25) is 4.79 Å². The number of carbonyl (C=O) groups excluding carboxylic acids is 1. The van der Waals surface area contributed by atoms with Gasteiger partial charge in [-0.2, -0.15) is 0 Å². The highest BCUT2D eigenvalue weighted by molar-refractivity contribution is 7.91. The van der Waals surface area contributed by atoms with Crippen LogP contribution in [0.5, 0.6) is 5.75 Å². The SMILES string of the molecule is CCOc1ccc(CN(C(=O)c2sc3cc(Cl)ccc3c2Cl)C2CCS(=O)(=O)C2)cc1. The molecule has 0 bridgehead atoms. The zero-order valence-electron chi connectivity index (χ0n) is 16.8. The molecule has 5 nitrogen and oxygen atoms in total. The molecule has 1 saturated heterocycles. The summed E-state index contributed by atoms with van der Waals surface area (Å²) in [6.45, 7) is 2.77. The van der Waals surface area contributed by atoms with Gasteiger partial charge < -0.3 is 9.64 Å². The number of thiophene rings is 1. The second-order valence-electron chi connectivity index (χ2n) is 7.45. The highest BCUT2D eigenvalue weighted by atomic mass is 35.5. The summed E-state index contributed by atoms with van der Waals surface area (Å²) in [5.41, 5.74) is 0.890. The smallest absolute Gasteiger partial charge is 0.266 e. The zero-order chi connectivity index (χ0) is 22.2. The molecule has 0 saturated carbocycles.